The number of hydrogen-bond donors (Lipinski definition) is 1. The molecule has 7 heteroatoms. The number of benzene rings is 1. The Morgan fingerprint density at radius 2 is 2.11 bits per heavy atom. The van der Waals surface area contributed by atoms with Crippen LogP contribution in [-0.4, -0.2) is 30.1 Å². The molecule has 0 saturated carbocycles. The second kappa shape index (κ2) is 8.69. The fourth-order valence-electron chi connectivity index (χ4n) is 3.07. The number of carbonyl (C=O) groups is 2. The lowest BCUT2D eigenvalue weighted by molar-refractivity contribution is -0.116. The van der Waals surface area contributed by atoms with E-state index in [1.165, 1.54) is 11.3 Å². The summed E-state index contributed by atoms with van der Waals surface area (Å²) >= 11 is 1.37. The molecule has 0 aliphatic carbocycles. The number of aryl methyl sites for hydroxylation is 1. The second-order valence-electron chi connectivity index (χ2n) is 6.22. The number of fused-ring (bicyclic) bond motifs is 1. The van der Waals surface area contributed by atoms with Crippen LogP contribution in [0.2, 0.25) is 0 Å². The van der Waals surface area contributed by atoms with Crippen molar-refractivity contribution >= 4 is 28.3 Å². The molecule has 0 saturated heterocycles. The fraction of sp³-hybridized carbons (Fsp3) is 0.350. The van der Waals surface area contributed by atoms with E-state index in [1.807, 2.05) is 30.3 Å². The Morgan fingerprint density at radius 1 is 1.33 bits per heavy atom. The number of nitrogens with one attached hydrogen (secondary N) is 1. The van der Waals surface area contributed by atoms with E-state index in [1.54, 1.807) is 11.8 Å². The van der Waals surface area contributed by atoms with Gasteiger partial charge in [0.05, 0.1) is 18.7 Å². The lowest BCUT2D eigenvalue weighted by atomic mass is 10.0. The number of nitriles is 1. The molecule has 27 heavy (non-hydrogen) atoms. The van der Waals surface area contributed by atoms with Crippen LogP contribution in [0.15, 0.2) is 30.3 Å². The highest BCUT2D eigenvalue weighted by molar-refractivity contribution is 7.16. The predicted molar refractivity (Wildman–Crippen MR) is 104 cm³/mol. The maximum absolute atomic E-state index is 12.3. The van der Waals surface area contributed by atoms with Crippen molar-refractivity contribution in [3.8, 4) is 6.07 Å². The van der Waals surface area contributed by atoms with Gasteiger partial charge in [-0.15, -0.1) is 11.3 Å². The number of anilines is 1. The van der Waals surface area contributed by atoms with Crippen LogP contribution in [0.3, 0.4) is 0 Å². The second-order valence-corrected chi connectivity index (χ2v) is 7.33. The Bertz CT molecular complexity index is 871. The Morgan fingerprint density at radius 3 is 2.81 bits per heavy atom. The Kier molecular flexibility index (Phi) is 6.09. The molecule has 0 unspecified atom stereocenters. The van der Waals surface area contributed by atoms with Crippen molar-refractivity contribution in [2.45, 2.75) is 32.7 Å². The van der Waals surface area contributed by atoms with Gasteiger partial charge in [0.1, 0.15) is 11.1 Å². The van der Waals surface area contributed by atoms with Crippen LogP contribution in [0, 0.1) is 11.3 Å². The molecule has 0 atom stereocenters. The van der Waals surface area contributed by atoms with E-state index in [0.29, 0.717) is 49.5 Å². The van der Waals surface area contributed by atoms with Gasteiger partial charge >= 0.3 is 6.09 Å². The van der Waals surface area contributed by atoms with E-state index >= 15 is 0 Å². The lowest BCUT2D eigenvalue weighted by Crippen LogP contribution is -2.35. The van der Waals surface area contributed by atoms with Crippen molar-refractivity contribution in [2.24, 2.45) is 0 Å². The third-order valence-corrected chi connectivity index (χ3v) is 5.56. The molecule has 1 aromatic carbocycles. The summed E-state index contributed by atoms with van der Waals surface area (Å²) < 4.78 is 5.06. The van der Waals surface area contributed by atoms with Crippen molar-refractivity contribution in [1.82, 2.24) is 4.90 Å². The minimum atomic E-state index is -0.344. The van der Waals surface area contributed by atoms with Gasteiger partial charge in [0, 0.05) is 17.8 Å². The number of thiophene rings is 1. The summed E-state index contributed by atoms with van der Waals surface area (Å²) in [5, 5.41) is 13.0. The third kappa shape index (κ3) is 4.47. The SMILES string of the molecule is CCOC(=O)N1CCc2c(sc(NC(=O)CCc3ccccc3)c2C#N)C1. The molecule has 1 aliphatic heterocycles. The van der Waals surface area contributed by atoms with E-state index in [9.17, 15) is 14.9 Å². The first kappa shape index (κ1) is 18.9. The standard InChI is InChI=1S/C20H21N3O3S/c1-2-26-20(25)23-11-10-15-16(12-21)19(27-17(15)13-23)22-18(24)9-8-14-6-4-3-5-7-14/h3-7H,2,8-11,13H2,1H3,(H,22,24). The minimum Gasteiger partial charge on any atom is -0.450 e. The van der Waals surface area contributed by atoms with Gasteiger partial charge in [-0.3, -0.25) is 4.79 Å². The number of ether oxygens (including phenoxy) is 1. The maximum atomic E-state index is 12.3. The monoisotopic (exact) mass is 383 g/mol. The van der Waals surface area contributed by atoms with Crippen molar-refractivity contribution < 1.29 is 14.3 Å². The highest BCUT2D eigenvalue weighted by Gasteiger charge is 2.28. The summed E-state index contributed by atoms with van der Waals surface area (Å²) in [7, 11) is 0. The van der Waals surface area contributed by atoms with Crippen molar-refractivity contribution in [3.63, 3.8) is 0 Å². The van der Waals surface area contributed by atoms with Crippen LogP contribution in [0.5, 0.6) is 0 Å². The molecule has 3 rings (SSSR count). The predicted octanol–water partition coefficient (Wildman–Crippen LogP) is 3.71. The van der Waals surface area contributed by atoms with Crippen LogP contribution >= 0.6 is 11.3 Å². The summed E-state index contributed by atoms with van der Waals surface area (Å²) in [5.41, 5.74) is 2.55. The van der Waals surface area contributed by atoms with Gasteiger partial charge in [0.2, 0.25) is 5.91 Å². The molecule has 1 N–H and O–H groups in total. The molecule has 0 bridgehead atoms. The van der Waals surface area contributed by atoms with Crippen LogP contribution in [-0.2, 0) is 28.9 Å². The van der Waals surface area contributed by atoms with Crippen LogP contribution in [0.1, 0.15) is 34.9 Å². The number of carbonyl (C=O) groups excluding carboxylic acids is 2. The number of nitrogens with zero attached hydrogens (tertiary/aromatic N) is 2. The van der Waals surface area contributed by atoms with E-state index in [4.69, 9.17) is 4.74 Å². The average molecular weight is 383 g/mol. The molecule has 0 radical (unpaired) electrons. The number of hydrogen-bond acceptors (Lipinski definition) is 5. The molecule has 2 amide bonds. The van der Waals surface area contributed by atoms with E-state index < -0.39 is 0 Å². The Balaban J connectivity index is 1.67. The van der Waals surface area contributed by atoms with Crippen molar-refractivity contribution in [1.29, 1.82) is 5.26 Å². The molecular formula is C20H21N3O3S. The van der Waals surface area contributed by atoms with E-state index in [0.717, 1.165) is 16.0 Å². The lowest BCUT2D eigenvalue weighted by Gasteiger charge is -2.25. The molecule has 140 valence electrons. The zero-order valence-electron chi connectivity index (χ0n) is 15.2. The average Bonchev–Trinajstić information content (AvgIpc) is 3.03. The first-order valence-corrected chi connectivity index (χ1v) is 9.74. The quantitative estimate of drug-likeness (QED) is 0.853. The molecular weight excluding hydrogens is 362 g/mol. The van der Waals surface area contributed by atoms with Gasteiger partial charge < -0.3 is 15.0 Å². The normalized spacial score (nSPS) is 12.8. The summed E-state index contributed by atoms with van der Waals surface area (Å²) in [6.45, 7) is 3.03. The first-order chi connectivity index (χ1) is 13.1. The highest BCUT2D eigenvalue weighted by atomic mass is 32.1. The summed E-state index contributed by atoms with van der Waals surface area (Å²) in [4.78, 5) is 26.8. The van der Waals surface area contributed by atoms with Gasteiger partial charge in [-0.1, -0.05) is 30.3 Å². The molecule has 2 aromatic rings. The molecule has 6 nitrogen and oxygen atoms in total. The maximum Gasteiger partial charge on any atom is 0.410 e. The van der Waals surface area contributed by atoms with Gasteiger partial charge in [-0.25, -0.2) is 4.79 Å². The summed E-state index contributed by atoms with van der Waals surface area (Å²) in [6.07, 6.45) is 1.25. The smallest absolute Gasteiger partial charge is 0.410 e. The zero-order chi connectivity index (χ0) is 19.2. The Labute approximate surface area is 162 Å². The Hall–Kier alpha value is -2.85. The van der Waals surface area contributed by atoms with Gasteiger partial charge in [-0.2, -0.15) is 5.26 Å². The highest BCUT2D eigenvalue weighted by Crippen LogP contribution is 2.36. The fourth-order valence-corrected chi connectivity index (χ4v) is 4.30. The summed E-state index contributed by atoms with van der Waals surface area (Å²) in [5.74, 6) is -0.115. The molecule has 1 aliphatic rings. The first-order valence-electron chi connectivity index (χ1n) is 8.92. The van der Waals surface area contributed by atoms with Gasteiger partial charge in [0.25, 0.3) is 0 Å². The molecule has 0 spiro atoms. The van der Waals surface area contributed by atoms with Gasteiger partial charge in [0.15, 0.2) is 0 Å². The van der Waals surface area contributed by atoms with Crippen molar-refractivity contribution in [3.05, 3.63) is 51.9 Å². The largest absolute Gasteiger partial charge is 0.450 e. The van der Waals surface area contributed by atoms with E-state index in [-0.39, 0.29) is 12.0 Å². The number of rotatable bonds is 5. The van der Waals surface area contributed by atoms with Crippen LogP contribution < -0.4 is 5.32 Å². The molecule has 2 heterocycles. The zero-order valence-corrected chi connectivity index (χ0v) is 16.0. The summed E-state index contributed by atoms with van der Waals surface area (Å²) in [6, 6.07) is 12.0. The van der Waals surface area contributed by atoms with Crippen molar-refractivity contribution in [2.75, 3.05) is 18.5 Å². The molecule has 1 aromatic heterocycles. The minimum absolute atomic E-state index is 0.115. The third-order valence-electron chi connectivity index (χ3n) is 4.43. The molecule has 0 fully saturated rings. The number of amides is 2. The van der Waals surface area contributed by atoms with Gasteiger partial charge in [-0.05, 0) is 30.9 Å². The van der Waals surface area contributed by atoms with E-state index in [2.05, 4.69) is 11.4 Å². The van der Waals surface area contributed by atoms with Crippen LogP contribution in [0.25, 0.3) is 0 Å². The topological polar surface area (TPSA) is 82.4 Å². The van der Waals surface area contributed by atoms with Crippen LogP contribution in [0.4, 0.5) is 9.80 Å².